The number of halogens is 1. The summed E-state index contributed by atoms with van der Waals surface area (Å²) < 4.78 is 38.9. The zero-order chi connectivity index (χ0) is 24.3. The van der Waals surface area contributed by atoms with Crippen molar-refractivity contribution in [3.8, 4) is 11.5 Å². The van der Waals surface area contributed by atoms with Crippen LogP contribution in [0.2, 0.25) is 5.02 Å². The van der Waals surface area contributed by atoms with Crippen molar-refractivity contribution < 1.29 is 22.7 Å². The maximum Gasteiger partial charge on any atom is 0.281 e. The Morgan fingerprint density at radius 2 is 1.45 bits per heavy atom. The van der Waals surface area contributed by atoms with E-state index >= 15 is 0 Å². The molecule has 0 aliphatic heterocycles. The van der Waals surface area contributed by atoms with Crippen molar-refractivity contribution in [2.45, 2.75) is 38.7 Å². The summed E-state index contributed by atoms with van der Waals surface area (Å²) in [6.45, 7) is 7.04. The topological polar surface area (TPSA) is 72.9 Å². The Kier molecular flexibility index (Phi) is 7.34. The number of methoxy groups -OCH3 is 1. The van der Waals surface area contributed by atoms with Crippen LogP contribution in [0.3, 0.4) is 0 Å². The fraction of sp³-hybridized carbons (Fsp3) is 0.240. The Labute approximate surface area is 199 Å². The van der Waals surface area contributed by atoms with Gasteiger partial charge in [-0.05, 0) is 87.4 Å². The normalized spacial score (nSPS) is 12.2. The van der Waals surface area contributed by atoms with Crippen molar-refractivity contribution in [3.05, 3.63) is 82.4 Å². The Morgan fingerprint density at radius 1 is 0.909 bits per heavy atom. The molecule has 0 aromatic heterocycles. The van der Waals surface area contributed by atoms with E-state index in [1.807, 2.05) is 20.8 Å². The van der Waals surface area contributed by atoms with Crippen molar-refractivity contribution in [2.75, 3.05) is 11.4 Å². The first-order valence-corrected chi connectivity index (χ1v) is 12.1. The Balaban J connectivity index is 2.02. The van der Waals surface area contributed by atoms with E-state index in [9.17, 15) is 13.2 Å². The van der Waals surface area contributed by atoms with Crippen LogP contribution < -0.4 is 13.8 Å². The van der Waals surface area contributed by atoms with Crippen LogP contribution in [0.25, 0.3) is 0 Å². The minimum Gasteiger partial charge on any atom is -0.497 e. The summed E-state index contributed by atoms with van der Waals surface area (Å²) in [4.78, 5) is 13.5. The molecule has 0 saturated carbocycles. The minimum absolute atomic E-state index is 0.00245. The third-order valence-electron chi connectivity index (χ3n) is 5.14. The molecule has 0 spiro atoms. The average molecular weight is 488 g/mol. The Hall–Kier alpha value is -3.03. The van der Waals surface area contributed by atoms with E-state index in [0.29, 0.717) is 16.5 Å². The van der Waals surface area contributed by atoms with Crippen molar-refractivity contribution in [2.24, 2.45) is 0 Å². The number of ether oxygens (including phenoxy) is 2. The summed E-state index contributed by atoms with van der Waals surface area (Å²) in [6.07, 6.45) is -1.09. The lowest BCUT2D eigenvalue weighted by molar-refractivity contribution is -0.123. The number of nitrogens with zero attached hydrogens (tertiary/aromatic N) is 1. The zero-order valence-electron chi connectivity index (χ0n) is 19.1. The zero-order valence-corrected chi connectivity index (χ0v) is 20.7. The van der Waals surface area contributed by atoms with Gasteiger partial charge in [0.05, 0.1) is 17.7 Å². The van der Waals surface area contributed by atoms with Crippen molar-refractivity contribution >= 4 is 33.2 Å². The van der Waals surface area contributed by atoms with Crippen LogP contribution in [0.4, 0.5) is 5.69 Å². The summed E-state index contributed by atoms with van der Waals surface area (Å²) in [7, 11) is -2.70. The molecule has 1 unspecified atom stereocenters. The number of amides is 1. The average Bonchev–Trinajstić information content (AvgIpc) is 2.78. The molecule has 0 fully saturated rings. The molecule has 0 saturated heterocycles. The molecule has 0 heterocycles. The highest BCUT2D eigenvalue weighted by Crippen LogP contribution is 2.29. The summed E-state index contributed by atoms with van der Waals surface area (Å²) in [5, 5.41) is 0.614. The van der Waals surface area contributed by atoms with Crippen LogP contribution in [0.15, 0.2) is 65.6 Å². The van der Waals surface area contributed by atoms with E-state index in [2.05, 4.69) is 0 Å². The van der Waals surface area contributed by atoms with Gasteiger partial charge in [0.15, 0.2) is 6.10 Å². The summed E-state index contributed by atoms with van der Waals surface area (Å²) >= 11 is 6.22. The van der Waals surface area contributed by atoms with E-state index in [1.54, 1.807) is 36.4 Å². The van der Waals surface area contributed by atoms with Gasteiger partial charge in [-0.3, -0.25) is 4.79 Å². The van der Waals surface area contributed by atoms with Crippen LogP contribution in [0, 0.1) is 20.8 Å². The number of benzene rings is 3. The van der Waals surface area contributed by atoms with Gasteiger partial charge in [0.1, 0.15) is 11.5 Å². The predicted molar refractivity (Wildman–Crippen MR) is 130 cm³/mol. The fourth-order valence-corrected chi connectivity index (χ4v) is 4.90. The van der Waals surface area contributed by atoms with E-state index in [1.165, 1.54) is 38.3 Å². The highest BCUT2D eigenvalue weighted by Gasteiger charge is 2.35. The molecule has 8 heteroatoms. The quantitative estimate of drug-likeness (QED) is 0.442. The number of aryl methyl sites for hydroxylation is 3. The van der Waals surface area contributed by atoms with E-state index in [-0.39, 0.29) is 10.6 Å². The first-order chi connectivity index (χ1) is 15.5. The Bertz CT molecular complexity index is 1230. The van der Waals surface area contributed by atoms with Crippen LogP contribution in [-0.4, -0.2) is 27.5 Å². The number of carbonyl (C=O) groups is 1. The number of anilines is 1. The number of carbonyl (C=O) groups excluding carboxylic acids is 1. The third-order valence-corrected chi connectivity index (χ3v) is 7.47. The molecule has 174 valence electrons. The summed E-state index contributed by atoms with van der Waals surface area (Å²) in [6, 6.07) is 16.0. The standard InChI is InChI=1S/C25H26ClNO5S/c1-16-6-12-23(13-7-16)33(29,30)27(20-8-10-21(31-5)11-9-20)25(28)19(4)32-22-14-17(2)24(26)18(3)15-22/h6-15,19H,1-5H3. The van der Waals surface area contributed by atoms with Crippen LogP contribution in [0.1, 0.15) is 23.6 Å². The number of hydrogen-bond donors (Lipinski definition) is 0. The lowest BCUT2D eigenvalue weighted by Crippen LogP contribution is -2.44. The highest BCUT2D eigenvalue weighted by atomic mass is 35.5. The van der Waals surface area contributed by atoms with Gasteiger partial charge in [-0.25, -0.2) is 8.42 Å². The molecule has 6 nitrogen and oxygen atoms in total. The highest BCUT2D eigenvalue weighted by molar-refractivity contribution is 7.93. The molecule has 0 radical (unpaired) electrons. The number of sulfonamides is 1. The maximum atomic E-state index is 13.6. The molecule has 33 heavy (non-hydrogen) atoms. The van der Waals surface area contributed by atoms with Crippen molar-refractivity contribution in [1.29, 1.82) is 0 Å². The molecule has 0 aliphatic rings. The van der Waals surface area contributed by atoms with E-state index in [0.717, 1.165) is 21.0 Å². The van der Waals surface area contributed by atoms with Crippen LogP contribution in [-0.2, 0) is 14.8 Å². The molecule has 3 aromatic carbocycles. The van der Waals surface area contributed by atoms with Gasteiger partial charge in [-0.2, -0.15) is 4.31 Å². The van der Waals surface area contributed by atoms with Gasteiger partial charge >= 0.3 is 0 Å². The third kappa shape index (κ3) is 5.31. The maximum absolute atomic E-state index is 13.6. The minimum atomic E-state index is -4.21. The molecule has 0 aliphatic carbocycles. The van der Waals surface area contributed by atoms with E-state index in [4.69, 9.17) is 21.1 Å². The van der Waals surface area contributed by atoms with Gasteiger partial charge < -0.3 is 9.47 Å². The largest absolute Gasteiger partial charge is 0.497 e. The van der Waals surface area contributed by atoms with Gasteiger partial charge in [-0.15, -0.1) is 0 Å². The van der Waals surface area contributed by atoms with E-state index < -0.39 is 22.0 Å². The van der Waals surface area contributed by atoms with Gasteiger partial charge in [-0.1, -0.05) is 29.3 Å². The molecule has 3 rings (SSSR count). The molecule has 0 N–H and O–H groups in total. The van der Waals surface area contributed by atoms with Crippen LogP contribution >= 0.6 is 11.6 Å². The van der Waals surface area contributed by atoms with Gasteiger partial charge in [0, 0.05) is 5.02 Å². The molecule has 0 bridgehead atoms. The lowest BCUT2D eigenvalue weighted by Gasteiger charge is -2.26. The fourth-order valence-electron chi connectivity index (χ4n) is 3.31. The molecular weight excluding hydrogens is 462 g/mol. The number of rotatable bonds is 7. The molecule has 3 aromatic rings. The van der Waals surface area contributed by atoms with Gasteiger partial charge in [0.25, 0.3) is 15.9 Å². The smallest absolute Gasteiger partial charge is 0.281 e. The second-order valence-corrected chi connectivity index (χ2v) is 9.91. The molecule has 1 atom stereocenters. The molecule has 1 amide bonds. The lowest BCUT2D eigenvalue weighted by atomic mass is 10.1. The second kappa shape index (κ2) is 9.85. The Morgan fingerprint density at radius 3 is 1.97 bits per heavy atom. The SMILES string of the molecule is COc1ccc(N(C(=O)C(C)Oc2cc(C)c(Cl)c(C)c2)S(=O)(=O)c2ccc(C)cc2)cc1. The predicted octanol–water partition coefficient (Wildman–Crippen LogP) is 5.46. The van der Waals surface area contributed by atoms with Crippen LogP contribution in [0.5, 0.6) is 11.5 Å². The second-order valence-electron chi connectivity index (χ2n) is 7.75. The van der Waals surface area contributed by atoms with Crippen molar-refractivity contribution in [1.82, 2.24) is 0 Å². The van der Waals surface area contributed by atoms with Crippen molar-refractivity contribution in [3.63, 3.8) is 0 Å². The number of hydrogen-bond acceptors (Lipinski definition) is 5. The summed E-state index contributed by atoms with van der Waals surface area (Å²) in [5.41, 5.74) is 2.68. The first-order valence-electron chi connectivity index (χ1n) is 10.3. The monoisotopic (exact) mass is 487 g/mol. The molecular formula is C25H26ClNO5S. The van der Waals surface area contributed by atoms with Gasteiger partial charge in [0.2, 0.25) is 0 Å². The first kappa shape index (κ1) is 24.6. The summed E-state index contributed by atoms with van der Waals surface area (Å²) in [5.74, 6) is 0.235.